The first kappa shape index (κ1) is 40.9. The van der Waals surface area contributed by atoms with Gasteiger partial charge in [0.15, 0.2) is 0 Å². The second-order valence-electron chi connectivity index (χ2n) is 17.4. The molecule has 65 heavy (non-hydrogen) atoms. The molecule has 9 aromatic carbocycles. The third-order valence-electron chi connectivity index (χ3n) is 13.8. The van der Waals surface area contributed by atoms with Crippen LogP contribution in [0.4, 0.5) is 0 Å². The molecule has 0 radical (unpaired) electrons. The zero-order valence-electron chi connectivity index (χ0n) is 36.3. The predicted octanol–water partition coefficient (Wildman–Crippen LogP) is 10.7. The molecule has 0 amide bonds. The second-order valence-corrected chi connectivity index (χ2v) is 25.0. The van der Waals surface area contributed by atoms with Crippen molar-refractivity contribution in [2.45, 2.75) is 31.5 Å². The molecule has 0 aliphatic heterocycles. The van der Waals surface area contributed by atoms with E-state index in [9.17, 15) is 0 Å². The van der Waals surface area contributed by atoms with Gasteiger partial charge < -0.3 is 0 Å². The van der Waals surface area contributed by atoms with Crippen molar-refractivity contribution in [3.8, 4) is 11.5 Å². The van der Waals surface area contributed by atoms with Crippen molar-refractivity contribution in [3.05, 3.63) is 277 Å². The Balaban J connectivity index is 0.856. The minimum atomic E-state index is -2.59. The molecule has 0 spiro atoms. The molecule has 318 valence electrons. The quantitative estimate of drug-likeness (QED) is 0.0800. The molecule has 2 atom stereocenters. The molecular weight excluding hydrogens is 827 g/mol. The molecule has 9 aromatic rings. The van der Waals surface area contributed by atoms with Gasteiger partial charge in [-0.1, -0.05) is 0 Å². The van der Waals surface area contributed by atoms with E-state index in [0.717, 1.165) is 29.0 Å². The summed E-state index contributed by atoms with van der Waals surface area (Å²) in [6.45, 7) is 0.993. The average Bonchev–Trinajstić information content (AvgIpc) is 4.03. The molecule has 0 saturated heterocycles. The number of rotatable bonds is 14. The molecule has 2 bridgehead atoms. The van der Waals surface area contributed by atoms with Gasteiger partial charge in [-0.2, -0.15) is 0 Å². The fourth-order valence-electron chi connectivity index (χ4n) is 10.9. The molecular formula is C61H52O2P2. The van der Waals surface area contributed by atoms with Crippen LogP contribution in [0.25, 0.3) is 0 Å². The maximum absolute atomic E-state index is 6.76. The number of fused-ring (bicyclic) bond motifs is 5. The number of hydrogen-bond donors (Lipinski definition) is 0. The van der Waals surface area contributed by atoms with Gasteiger partial charge in [0, 0.05) is 0 Å². The molecule has 0 heterocycles. The van der Waals surface area contributed by atoms with E-state index in [1.807, 2.05) is 0 Å². The molecule has 2 unspecified atom stereocenters. The molecule has 0 N–H and O–H groups in total. The first-order chi connectivity index (χ1) is 32.2. The van der Waals surface area contributed by atoms with Gasteiger partial charge in [-0.25, -0.2) is 0 Å². The maximum atomic E-state index is 6.76. The number of hydrogen-bond acceptors (Lipinski definition) is 2. The van der Waals surface area contributed by atoms with Crippen LogP contribution in [0.5, 0.6) is 11.5 Å². The second kappa shape index (κ2) is 18.0. The average molecular weight is 879 g/mol. The normalized spacial score (nSPS) is 15.6. The number of allylic oxidation sites excluding steroid dienone is 2. The van der Waals surface area contributed by atoms with Gasteiger partial charge in [0.25, 0.3) is 0 Å². The van der Waals surface area contributed by atoms with Gasteiger partial charge >= 0.3 is 386 Å². The monoisotopic (exact) mass is 878 g/mol. The van der Waals surface area contributed by atoms with Gasteiger partial charge in [0.05, 0.1) is 0 Å². The van der Waals surface area contributed by atoms with Crippen molar-refractivity contribution < 1.29 is 9.47 Å². The van der Waals surface area contributed by atoms with Crippen LogP contribution in [0.3, 0.4) is 0 Å². The summed E-state index contributed by atoms with van der Waals surface area (Å²) in [5, 5.41) is 10.9. The SMILES string of the molecule is C1=CC2CC1c1c(OCc3ccc([PH](c4ccccc4)(c4ccccc4)c4ccccc4)cc3)ccc(OCc3ccc([PH](c4ccccc4)(c4ccccc4)c4ccccc4)cc3)c12. The predicted molar refractivity (Wildman–Crippen MR) is 280 cm³/mol. The first-order valence-electron chi connectivity index (χ1n) is 22.9. The summed E-state index contributed by atoms with van der Waals surface area (Å²) in [7, 11) is -5.17. The molecule has 4 heteroatoms. The van der Waals surface area contributed by atoms with Crippen molar-refractivity contribution >= 4 is 57.0 Å². The summed E-state index contributed by atoms with van der Waals surface area (Å²) in [6.07, 6.45) is 5.80. The van der Waals surface area contributed by atoms with Crippen LogP contribution in [-0.2, 0) is 13.2 Å². The Morgan fingerprint density at radius 2 is 0.538 bits per heavy atom. The van der Waals surface area contributed by atoms with E-state index < -0.39 is 14.5 Å². The van der Waals surface area contributed by atoms with Crippen molar-refractivity contribution in [2.75, 3.05) is 0 Å². The molecule has 11 rings (SSSR count). The molecule has 0 fully saturated rings. The Hall–Kier alpha value is -6.82. The Labute approximate surface area is 384 Å². The topological polar surface area (TPSA) is 18.5 Å². The van der Waals surface area contributed by atoms with Crippen LogP contribution < -0.4 is 51.9 Å². The van der Waals surface area contributed by atoms with Gasteiger partial charge in [0.2, 0.25) is 0 Å². The van der Waals surface area contributed by atoms with E-state index in [-0.39, 0.29) is 0 Å². The van der Waals surface area contributed by atoms with Crippen LogP contribution in [-0.4, -0.2) is 0 Å². The van der Waals surface area contributed by atoms with E-state index >= 15 is 0 Å². The molecule has 0 aromatic heterocycles. The Kier molecular flexibility index (Phi) is 11.3. The Bertz CT molecular complexity index is 2630. The summed E-state index contributed by atoms with van der Waals surface area (Å²) in [4.78, 5) is 0. The van der Waals surface area contributed by atoms with Crippen LogP contribution in [0.2, 0.25) is 0 Å². The first-order valence-corrected chi connectivity index (χ1v) is 26.9. The van der Waals surface area contributed by atoms with Gasteiger partial charge in [0.1, 0.15) is 0 Å². The van der Waals surface area contributed by atoms with E-state index in [1.54, 1.807) is 0 Å². The standard InChI is InChI=1S/C61H52O2P2/c1-7-19-50(20-8-1)64(51-21-9-2-10-22-51,52-23-11-3-12-24-52)56-37-31-46(32-38-56)44-62-58-41-42-59(61-49-36-35-48(43-49)60(58)61)63-45-47-33-39-57(40-34-47)65(53-25-13-4-14-26-53,54-27-15-5-16-28-54)55-29-17-6-18-30-55/h1-42,48-49,64-65H,43-45H2. The molecule has 2 aliphatic rings. The summed E-state index contributed by atoms with van der Waals surface area (Å²) >= 11 is 0. The molecule has 2 nitrogen and oxygen atoms in total. The van der Waals surface area contributed by atoms with Gasteiger partial charge in [-0.3, -0.25) is 0 Å². The van der Waals surface area contributed by atoms with Gasteiger partial charge in [-0.15, -0.1) is 0 Å². The summed E-state index contributed by atoms with van der Waals surface area (Å²) in [5.74, 6) is 2.61. The Morgan fingerprint density at radius 1 is 0.292 bits per heavy atom. The zero-order chi connectivity index (χ0) is 43.5. The van der Waals surface area contributed by atoms with E-state index in [2.05, 4.69) is 255 Å². The van der Waals surface area contributed by atoms with E-state index in [4.69, 9.17) is 9.47 Å². The van der Waals surface area contributed by atoms with Crippen molar-refractivity contribution in [2.24, 2.45) is 0 Å². The van der Waals surface area contributed by atoms with Gasteiger partial charge in [-0.05, 0) is 0 Å². The summed E-state index contributed by atoms with van der Waals surface area (Å²) in [6, 6.07) is 89.3. The van der Waals surface area contributed by atoms with Crippen molar-refractivity contribution in [1.29, 1.82) is 0 Å². The van der Waals surface area contributed by atoms with Crippen LogP contribution in [0.15, 0.2) is 255 Å². The third kappa shape index (κ3) is 7.42. The molecule has 2 aliphatic carbocycles. The van der Waals surface area contributed by atoms with E-state index in [1.165, 1.54) is 53.6 Å². The minimum absolute atomic E-state index is 0.344. The van der Waals surface area contributed by atoms with Crippen LogP contribution in [0.1, 0.15) is 40.5 Å². The zero-order valence-corrected chi connectivity index (χ0v) is 38.3. The van der Waals surface area contributed by atoms with Crippen LogP contribution in [0, 0.1) is 0 Å². The van der Waals surface area contributed by atoms with Crippen molar-refractivity contribution in [1.82, 2.24) is 0 Å². The fourth-order valence-corrected chi connectivity index (χ4v) is 20.4. The third-order valence-corrected chi connectivity index (χ3v) is 23.4. The Morgan fingerprint density at radius 3 is 0.800 bits per heavy atom. The number of ether oxygens (including phenoxy) is 2. The number of benzene rings is 9. The van der Waals surface area contributed by atoms with E-state index in [0.29, 0.717) is 25.0 Å². The fraction of sp³-hybridized carbons (Fsp3) is 0.0820. The summed E-state index contributed by atoms with van der Waals surface area (Å²) in [5.41, 5.74) is 4.88. The summed E-state index contributed by atoms with van der Waals surface area (Å²) < 4.78 is 13.5. The van der Waals surface area contributed by atoms with Crippen LogP contribution >= 0.6 is 14.5 Å². The van der Waals surface area contributed by atoms with Crippen molar-refractivity contribution in [3.63, 3.8) is 0 Å². The molecule has 0 saturated carbocycles.